The molecule has 4 rings (SSSR count). The van der Waals surface area contributed by atoms with E-state index in [0.29, 0.717) is 12.5 Å². The molecule has 25 heavy (non-hydrogen) atoms. The maximum atomic E-state index is 6.20. The van der Waals surface area contributed by atoms with E-state index in [9.17, 15) is 0 Å². The van der Waals surface area contributed by atoms with Gasteiger partial charge in [-0.05, 0) is 30.7 Å². The molecule has 2 aliphatic rings. The van der Waals surface area contributed by atoms with Crippen molar-refractivity contribution >= 4 is 23.2 Å². The summed E-state index contributed by atoms with van der Waals surface area (Å²) in [4.78, 5) is 9.01. The smallest absolute Gasteiger partial charge is 0.191 e. The molecule has 1 aromatic carbocycles. The van der Waals surface area contributed by atoms with Crippen LogP contribution >= 0.6 is 11.6 Å². The van der Waals surface area contributed by atoms with Crippen LogP contribution in [0.4, 0.5) is 5.69 Å². The summed E-state index contributed by atoms with van der Waals surface area (Å²) < 4.78 is 2.16. The summed E-state index contributed by atoms with van der Waals surface area (Å²) in [7, 11) is 0. The largest absolute Gasteiger partial charge is 0.370 e. The molecule has 8 heteroatoms. The van der Waals surface area contributed by atoms with Crippen LogP contribution in [-0.4, -0.2) is 51.8 Å². The molecule has 0 unspecified atom stereocenters. The predicted octanol–water partition coefficient (Wildman–Crippen LogP) is 1.51. The molecule has 0 bridgehead atoms. The standard InChI is InChI=1S/C17H22ClN7/c18-13-3-5-14(6-4-13)23-8-10-24(11-9-23)17(19)20-12-16-22-21-15-2-1-7-25(15)16/h3-6H,1-2,7-12H2,(H2,19,20). The van der Waals surface area contributed by atoms with Crippen molar-refractivity contribution in [2.45, 2.75) is 25.9 Å². The van der Waals surface area contributed by atoms with Crippen molar-refractivity contribution in [3.05, 3.63) is 40.9 Å². The van der Waals surface area contributed by atoms with Crippen LogP contribution in [0.2, 0.25) is 5.02 Å². The first-order chi connectivity index (χ1) is 12.2. The minimum atomic E-state index is 0.496. The van der Waals surface area contributed by atoms with Crippen LogP contribution in [0.25, 0.3) is 0 Å². The van der Waals surface area contributed by atoms with E-state index in [0.717, 1.165) is 62.2 Å². The first-order valence-corrected chi connectivity index (χ1v) is 9.05. The molecule has 1 saturated heterocycles. The lowest BCUT2D eigenvalue weighted by Gasteiger charge is -2.36. The van der Waals surface area contributed by atoms with E-state index < -0.39 is 0 Å². The van der Waals surface area contributed by atoms with Crippen LogP contribution < -0.4 is 10.6 Å². The first-order valence-electron chi connectivity index (χ1n) is 8.67. The fourth-order valence-corrected chi connectivity index (χ4v) is 3.55. The highest BCUT2D eigenvalue weighted by Crippen LogP contribution is 2.19. The van der Waals surface area contributed by atoms with Crippen LogP contribution in [0.1, 0.15) is 18.1 Å². The number of piperazine rings is 1. The summed E-state index contributed by atoms with van der Waals surface area (Å²) in [6.45, 7) is 5.03. The minimum absolute atomic E-state index is 0.496. The Balaban J connectivity index is 1.34. The number of halogens is 1. The number of hydrogen-bond acceptors (Lipinski definition) is 4. The summed E-state index contributed by atoms with van der Waals surface area (Å²) in [6, 6.07) is 7.97. The second-order valence-corrected chi connectivity index (χ2v) is 6.85. The molecule has 2 aliphatic heterocycles. The van der Waals surface area contributed by atoms with Gasteiger partial charge in [0.2, 0.25) is 0 Å². The fourth-order valence-electron chi connectivity index (χ4n) is 3.43. The predicted molar refractivity (Wildman–Crippen MR) is 98.9 cm³/mol. The van der Waals surface area contributed by atoms with E-state index in [1.165, 1.54) is 5.69 Å². The van der Waals surface area contributed by atoms with Crippen molar-refractivity contribution < 1.29 is 0 Å². The Morgan fingerprint density at radius 1 is 1.08 bits per heavy atom. The molecule has 3 heterocycles. The Morgan fingerprint density at radius 3 is 2.60 bits per heavy atom. The highest BCUT2D eigenvalue weighted by molar-refractivity contribution is 6.30. The van der Waals surface area contributed by atoms with E-state index in [1.807, 2.05) is 12.1 Å². The molecule has 2 aromatic rings. The molecule has 132 valence electrons. The monoisotopic (exact) mass is 359 g/mol. The molecule has 2 N–H and O–H groups in total. The van der Waals surface area contributed by atoms with Crippen LogP contribution in [0, 0.1) is 0 Å². The molecule has 0 radical (unpaired) electrons. The van der Waals surface area contributed by atoms with E-state index >= 15 is 0 Å². The number of guanidine groups is 1. The van der Waals surface area contributed by atoms with Crippen molar-refractivity contribution in [2.75, 3.05) is 31.1 Å². The van der Waals surface area contributed by atoms with Gasteiger partial charge in [-0.2, -0.15) is 0 Å². The Bertz CT molecular complexity index is 760. The summed E-state index contributed by atoms with van der Waals surface area (Å²) in [5, 5.41) is 9.20. The number of rotatable bonds is 3. The number of nitrogens with two attached hydrogens (primary N) is 1. The van der Waals surface area contributed by atoms with Crippen LogP contribution in [0.15, 0.2) is 29.3 Å². The van der Waals surface area contributed by atoms with E-state index in [2.05, 4.69) is 41.7 Å². The first kappa shape index (κ1) is 16.2. The minimum Gasteiger partial charge on any atom is -0.370 e. The zero-order valence-corrected chi connectivity index (χ0v) is 14.9. The lowest BCUT2D eigenvalue weighted by molar-refractivity contribution is 0.380. The van der Waals surface area contributed by atoms with Gasteiger partial charge in [0, 0.05) is 49.9 Å². The summed E-state index contributed by atoms with van der Waals surface area (Å²) in [5.41, 5.74) is 7.39. The van der Waals surface area contributed by atoms with Gasteiger partial charge in [-0.15, -0.1) is 10.2 Å². The second-order valence-electron chi connectivity index (χ2n) is 6.41. The van der Waals surface area contributed by atoms with Crippen molar-refractivity contribution in [1.29, 1.82) is 0 Å². The molecule has 1 fully saturated rings. The lowest BCUT2D eigenvalue weighted by atomic mass is 10.2. The lowest BCUT2D eigenvalue weighted by Crippen LogP contribution is -2.51. The number of aliphatic imine (C=N–C) groups is 1. The Hall–Kier alpha value is -2.28. The Labute approximate surface area is 152 Å². The van der Waals surface area contributed by atoms with Gasteiger partial charge < -0.3 is 20.1 Å². The maximum Gasteiger partial charge on any atom is 0.191 e. The maximum absolute atomic E-state index is 6.20. The third-order valence-electron chi connectivity index (χ3n) is 4.86. The normalized spacial score (nSPS) is 17.9. The zero-order valence-electron chi connectivity index (χ0n) is 14.1. The van der Waals surface area contributed by atoms with Crippen molar-refractivity contribution in [3.63, 3.8) is 0 Å². The van der Waals surface area contributed by atoms with Crippen LogP contribution in [0.5, 0.6) is 0 Å². The second kappa shape index (κ2) is 6.92. The molecule has 0 aliphatic carbocycles. The van der Waals surface area contributed by atoms with Crippen molar-refractivity contribution in [2.24, 2.45) is 10.7 Å². The van der Waals surface area contributed by atoms with Crippen molar-refractivity contribution in [1.82, 2.24) is 19.7 Å². The molecule has 0 saturated carbocycles. The van der Waals surface area contributed by atoms with Gasteiger partial charge >= 0.3 is 0 Å². The third kappa shape index (κ3) is 3.42. The average Bonchev–Trinajstić information content (AvgIpc) is 3.25. The SMILES string of the molecule is NC(=NCc1nnc2n1CCC2)N1CCN(c2ccc(Cl)cc2)CC1. The number of anilines is 1. The van der Waals surface area contributed by atoms with Gasteiger partial charge in [0.1, 0.15) is 12.4 Å². The molecular weight excluding hydrogens is 338 g/mol. The quantitative estimate of drug-likeness (QED) is 0.664. The number of benzene rings is 1. The Kier molecular flexibility index (Phi) is 4.48. The zero-order chi connectivity index (χ0) is 17.2. The Morgan fingerprint density at radius 2 is 1.84 bits per heavy atom. The molecule has 7 nitrogen and oxygen atoms in total. The number of fused-ring (bicyclic) bond motifs is 1. The summed E-state index contributed by atoms with van der Waals surface area (Å²) in [6.07, 6.45) is 2.16. The van der Waals surface area contributed by atoms with Crippen LogP contribution in [0.3, 0.4) is 0 Å². The van der Waals surface area contributed by atoms with Crippen LogP contribution in [-0.2, 0) is 19.5 Å². The molecule has 1 aromatic heterocycles. The summed E-state index contributed by atoms with van der Waals surface area (Å²) >= 11 is 5.96. The van der Waals surface area contributed by atoms with Gasteiger partial charge in [0.15, 0.2) is 11.8 Å². The van der Waals surface area contributed by atoms with E-state index in [1.54, 1.807) is 0 Å². The fraction of sp³-hybridized carbons (Fsp3) is 0.471. The van der Waals surface area contributed by atoms with Gasteiger partial charge in [0.25, 0.3) is 0 Å². The van der Waals surface area contributed by atoms with E-state index in [-0.39, 0.29) is 0 Å². The highest BCUT2D eigenvalue weighted by Gasteiger charge is 2.20. The number of hydrogen-bond donors (Lipinski definition) is 1. The van der Waals surface area contributed by atoms with Gasteiger partial charge in [-0.25, -0.2) is 4.99 Å². The van der Waals surface area contributed by atoms with Gasteiger partial charge in [0.05, 0.1) is 0 Å². The van der Waals surface area contributed by atoms with E-state index in [4.69, 9.17) is 17.3 Å². The highest BCUT2D eigenvalue weighted by atomic mass is 35.5. The van der Waals surface area contributed by atoms with Gasteiger partial charge in [-0.3, -0.25) is 0 Å². The molecule has 0 amide bonds. The summed E-state index contributed by atoms with van der Waals surface area (Å²) in [5.74, 6) is 2.57. The number of aromatic nitrogens is 3. The molecule has 0 atom stereocenters. The number of aryl methyl sites for hydroxylation is 1. The van der Waals surface area contributed by atoms with Crippen molar-refractivity contribution in [3.8, 4) is 0 Å². The topological polar surface area (TPSA) is 75.6 Å². The molecular formula is C17H22ClN7. The molecule has 0 spiro atoms. The van der Waals surface area contributed by atoms with Gasteiger partial charge in [-0.1, -0.05) is 11.6 Å². The third-order valence-corrected chi connectivity index (χ3v) is 5.12. The average molecular weight is 360 g/mol. The number of nitrogens with zero attached hydrogens (tertiary/aromatic N) is 6.